The molecule has 0 amide bonds. The Morgan fingerprint density at radius 1 is 0.750 bits per heavy atom. The molecule has 0 aliphatic rings. The molecule has 0 spiro atoms. The van der Waals surface area contributed by atoms with Crippen LogP contribution < -0.4 is 5.56 Å². The number of aromatic amines is 1. The van der Waals surface area contributed by atoms with E-state index < -0.39 is 11.3 Å². The SMILES string of the molecule is CSc1ncc(C(=O)c2ccccc2Cl)c(=O)[nH]1.CSc1ncc(C(=O)c2ccccc2Cl)c(Cl)n1. The summed E-state index contributed by atoms with van der Waals surface area (Å²) in [7, 11) is 0. The monoisotopic (exact) mass is 578 g/mol. The van der Waals surface area contributed by atoms with Crippen LogP contribution in [-0.4, -0.2) is 44.0 Å². The molecule has 0 radical (unpaired) electrons. The van der Waals surface area contributed by atoms with Crippen LogP contribution in [-0.2, 0) is 0 Å². The van der Waals surface area contributed by atoms with E-state index in [1.54, 1.807) is 54.8 Å². The van der Waals surface area contributed by atoms with Crippen LogP contribution in [0.15, 0.2) is 76.0 Å². The Morgan fingerprint density at radius 2 is 1.28 bits per heavy atom. The molecule has 0 aliphatic carbocycles. The second-order valence-corrected chi connectivity index (χ2v) is 9.56. The molecule has 0 fully saturated rings. The number of benzene rings is 2. The average molecular weight is 580 g/mol. The molecule has 0 aliphatic heterocycles. The molecule has 4 aromatic rings. The van der Waals surface area contributed by atoms with Crippen molar-refractivity contribution in [2.75, 3.05) is 12.5 Å². The third kappa shape index (κ3) is 6.74. The number of ketones is 2. The first-order valence-electron chi connectivity index (χ1n) is 10.0. The first-order chi connectivity index (χ1) is 17.3. The van der Waals surface area contributed by atoms with Crippen molar-refractivity contribution in [1.29, 1.82) is 0 Å². The zero-order valence-electron chi connectivity index (χ0n) is 18.8. The molecule has 2 aromatic carbocycles. The maximum absolute atomic E-state index is 12.2. The van der Waals surface area contributed by atoms with Crippen LogP contribution in [0.25, 0.3) is 0 Å². The Hall–Kier alpha value is -2.69. The van der Waals surface area contributed by atoms with E-state index in [9.17, 15) is 14.4 Å². The third-order valence-corrected chi connectivity index (χ3v) is 6.70. The molecule has 184 valence electrons. The standard InChI is InChI=1S/C12H8Cl2N2OS.C12H9ClN2O2S/c1-18-12-15-6-8(11(14)16-12)10(17)7-4-2-3-5-9(7)13;1-18-12-14-6-8(11(17)15-12)10(16)7-4-2-3-5-9(7)13/h2-6H,1H3;2-6H,1H3,(H,14,15,17). The zero-order chi connectivity index (χ0) is 26.2. The maximum Gasteiger partial charge on any atom is 0.262 e. The van der Waals surface area contributed by atoms with E-state index in [1.807, 2.05) is 6.26 Å². The summed E-state index contributed by atoms with van der Waals surface area (Å²) in [5, 5.41) is 1.83. The minimum atomic E-state index is -0.459. The number of nitrogens with zero attached hydrogens (tertiary/aromatic N) is 3. The topological polar surface area (TPSA) is 106 Å². The summed E-state index contributed by atoms with van der Waals surface area (Å²) in [6.07, 6.45) is 6.32. The molecule has 7 nitrogen and oxygen atoms in total. The Kier molecular flexibility index (Phi) is 10.1. The molecule has 0 saturated heterocycles. The predicted octanol–water partition coefficient (Wildman–Crippen LogP) is 6.11. The van der Waals surface area contributed by atoms with Crippen LogP contribution in [0.1, 0.15) is 31.8 Å². The van der Waals surface area contributed by atoms with Crippen LogP contribution in [0.3, 0.4) is 0 Å². The average Bonchev–Trinajstić information content (AvgIpc) is 2.88. The van der Waals surface area contributed by atoms with E-state index in [4.69, 9.17) is 34.8 Å². The Labute approximate surface area is 230 Å². The van der Waals surface area contributed by atoms with Gasteiger partial charge < -0.3 is 4.98 Å². The molecule has 2 aromatic heterocycles. The number of aromatic nitrogens is 4. The van der Waals surface area contributed by atoms with Crippen LogP contribution in [0, 0.1) is 0 Å². The Morgan fingerprint density at radius 3 is 1.75 bits per heavy atom. The van der Waals surface area contributed by atoms with Gasteiger partial charge in [0.2, 0.25) is 5.78 Å². The lowest BCUT2D eigenvalue weighted by Gasteiger charge is -2.05. The van der Waals surface area contributed by atoms with E-state index in [1.165, 1.54) is 35.9 Å². The van der Waals surface area contributed by atoms with Crippen molar-refractivity contribution < 1.29 is 9.59 Å². The lowest BCUT2D eigenvalue weighted by Crippen LogP contribution is -2.19. The molecule has 0 atom stereocenters. The summed E-state index contributed by atoms with van der Waals surface area (Å²) in [6, 6.07) is 13.4. The largest absolute Gasteiger partial charge is 0.301 e. The molecule has 0 saturated carbocycles. The Bertz CT molecular complexity index is 1480. The molecular weight excluding hydrogens is 563 g/mol. The number of H-pyrrole nitrogens is 1. The van der Waals surface area contributed by atoms with Crippen molar-refractivity contribution in [2.24, 2.45) is 0 Å². The molecule has 4 rings (SSSR count). The Balaban J connectivity index is 0.000000201. The van der Waals surface area contributed by atoms with Crippen LogP contribution >= 0.6 is 58.3 Å². The van der Waals surface area contributed by atoms with Crippen molar-refractivity contribution >= 4 is 69.9 Å². The van der Waals surface area contributed by atoms with Gasteiger partial charge in [0.15, 0.2) is 16.1 Å². The maximum atomic E-state index is 12.2. The van der Waals surface area contributed by atoms with Crippen molar-refractivity contribution in [2.45, 2.75) is 10.3 Å². The van der Waals surface area contributed by atoms with Gasteiger partial charge in [-0.15, -0.1) is 0 Å². The van der Waals surface area contributed by atoms with Gasteiger partial charge in [-0.05, 0) is 36.8 Å². The van der Waals surface area contributed by atoms with E-state index in [2.05, 4.69) is 19.9 Å². The molecular formula is C24H17Cl3N4O3S2. The first-order valence-corrected chi connectivity index (χ1v) is 13.6. The third-order valence-electron chi connectivity index (χ3n) is 4.60. The highest BCUT2D eigenvalue weighted by Crippen LogP contribution is 2.23. The van der Waals surface area contributed by atoms with E-state index >= 15 is 0 Å². The second-order valence-electron chi connectivity index (χ2n) is 6.81. The second kappa shape index (κ2) is 13.0. The van der Waals surface area contributed by atoms with Crippen molar-refractivity contribution in [1.82, 2.24) is 19.9 Å². The van der Waals surface area contributed by atoms with Gasteiger partial charge in [0.05, 0.1) is 15.6 Å². The summed E-state index contributed by atoms with van der Waals surface area (Å²) < 4.78 is 0. The highest BCUT2D eigenvalue weighted by Gasteiger charge is 2.18. The van der Waals surface area contributed by atoms with Gasteiger partial charge in [0.1, 0.15) is 10.7 Å². The van der Waals surface area contributed by atoms with Gasteiger partial charge in [0.25, 0.3) is 5.56 Å². The van der Waals surface area contributed by atoms with Gasteiger partial charge in [-0.2, -0.15) is 0 Å². The first kappa shape index (κ1) is 27.9. The number of thioether (sulfide) groups is 2. The summed E-state index contributed by atoms with van der Waals surface area (Å²) >= 11 is 20.5. The van der Waals surface area contributed by atoms with Crippen LogP contribution in [0.4, 0.5) is 0 Å². The van der Waals surface area contributed by atoms with Gasteiger partial charge in [-0.25, -0.2) is 15.0 Å². The summed E-state index contributed by atoms with van der Waals surface area (Å²) in [5.41, 5.74) is 0.465. The van der Waals surface area contributed by atoms with Crippen LogP contribution in [0.5, 0.6) is 0 Å². The lowest BCUT2D eigenvalue weighted by atomic mass is 10.1. The van der Waals surface area contributed by atoms with Crippen molar-refractivity contribution in [3.8, 4) is 0 Å². The number of hydrogen-bond donors (Lipinski definition) is 1. The fraction of sp³-hybridized carbons (Fsp3) is 0.0833. The van der Waals surface area contributed by atoms with E-state index in [0.29, 0.717) is 31.5 Å². The molecule has 36 heavy (non-hydrogen) atoms. The molecule has 0 bridgehead atoms. The van der Waals surface area contributed by atoms with Gasteiger partial charge in [-0.3, -0.25) is 14.4 Å². The van der Waals surface area contributed by atoms with Gasteiger partial charge in [-0.1, -0.05) is 82.6 Å². The predicted molar refractivity (Wildman–Crippen MR) is 145 cm³/mol. The lowest BCUT2D eigenvalue weighted by molar-refractivity contribution is 0.102. The number of rotatable bonds is 6. The van der Waals surface area contributed by atoms with E-state index in [-0.39, 0.29) is 22.1 Å². The summed E-state index contributed by atoms with van der Waals surface area (Å²) in [5.74, 6) is -0.708. The molecule has 1 N–H and O–H groups in total. The van der Waals surface area contributed by atoms with Crippen molar-refractivity contribution in [3.05, 3.63) is 109 Å². The number of carbonyl (C=O) groups is 2. The quantitative estimate of drug-likeness (QED) is 0.126. The van der Waals surface area contributed by atoms with E-state index in [0.717, 1.165) is 0 Å². The number of halogens is 3. The van der Waals surface area contributed by atoms with Gasteiger partial charge >= 0.3 is 0 Å². The number of carbonyl (C=O) groups excluding carboxylic acids is 2. The van der Waals surface area contributed by atoms with Crippen molar-refractivity contribution in [3.63, 3.8) is 0 Å². The van der Waals surface area contributed by atoms with Gasteiger partial charge in [0, 0.05) is 23.5 Å². The van der Waals surface area contributed by atoms with Crippen LogP contribution in [0.2, 0.25) is 15.2 Å². The molecule has 12 heteroatoms. The minimum absolute atomic E-state index is 0.0131. The normalized spacial score (nSPS) is 10.4. The number of hydrogen-bond acceptors (Lipinski definition) is 8. The fourth-order valence-electron chi connectivity index (χ4n) is 2.82. The highest BCUT2D eigenvalue weighted by molar-refractivity contribution is 7.98. The molecule has 0 unspecified atom stereocenters. The summed E-state index contributed by atoms with van der Waals surface area (Å²) in [4.78, 5) is 50.7. The minimum Gasteiger partial charge on any atom is -0.301 e. The number of nitrogens with one attached hydrogen (secondary N) is 1. The smallest absolute Gasteiger partial charge is 0.262 e. The summed E-state index contributed by atoms with van der Waals surface area (Å²) in [6.45, 7) is 0. The highest BCUT2D eigenvalue weighted by atomic mass is 35.5. The zero-order valence-corrected chi connectivity index (χ0v) is 22.7. The molecule has 2 heterocycles. The fourth-order valence-corrected chi connectivity index (χ4v) is 4.22.